The molecule has 2 rings (SSSR count). The monoisotopic (exact) mass is 258 g/mol. The molecule has 0 bridgehead atoms. The van der Waals surface area contributed by atoms with E-state index in [0.29, 0.717) is 10.6 Å². The standard InChI is InChI=1S/C14H11ClN2O/c15-12-5-3-11(4-6-12)13(14(16)18)8-10-2-1-7-17-9-10/h1-9H,(H2,16,18)/b13-8-. The maximum Gasteiger partial charge on any atom is 0.249 e. The number of pyridine rings is 1. The minimum Gasteiger partial charge on any atom is -0.366 e. The van der Waals surface area contributed by atoms with Crippen molar-refractivity contribution in [1.82, 2.24) is 4.98 Å². The van der Waals surface area contributed by atoms with E-state index in [1.54, 1.807) is 48.8 Å². The molecular formula is C14H11ClN2O. The number of aromatic nitrogens is 1. The van der Waals surface area contributed by atoms with E-state index in [2.05, 4.69) is 4.98 Å². The SMILES string of the molecule is NC(=O)/C(=C\c1cccnc1)c1ccc(Cl)cc1. The van der Waals surface area contributed by atoms with Gasteiger partial charge in [0.1, 0.15) is 0 Å². The van der Waals surface area contributed by atoms with Crippen LogP contribution in [0.3, 0.4) is 0 Å². The van der Waals surface area contributed by atoms with Gasteiger partial charge < -0.3 is 5.73 Å². The number of hydrogen-bond donors (Lipinski definition) is 1. The molecule has 0 fully saturated rings. The van der Waals surface area contributed by atoms with Crippen LogP contribution in [0.5, 0.6) is 0 Å². The zero-order valence-electron chi connectivity index (χ0n) is 9.51. The number of benzene rings is 1. The van der Waals surface area contributed by atoms with E-state index in [0.717, 1.165) is 11.1 Å². The number of rotatable bonds is 3. The lowest BCUT2D eigenvalue weighted by Gasteiger charge is -2.04. The first-order chi connectivity index (χ1) is 8.66. The molecule has 2 N–H and O–H groups in total. The van der Waals surface area contributed by atoms with Crippen LogP contribution in [-0.2, 0) is 4.79 Å². The zero-order chi connectivity index (χ0) is 13.0. The topological polar surface area (TPSA) is 56.0 Å². The number of nitrogens with zero attached hydrogens (tertiary/aromatic N) is 1. The van der Waals surface area contributed by atoms with Gasteiger partial charge in [0.15, 0.2) is 0 Å². The van der Waals surface area contributed by atoms with Gasteiger partial charge in [0, 0.05) is 23.0 Å². The molecule has 0 aliphatic heterocycles. The van der Waals surface area contributed by atoms with Gasteiger partial charge in [-0.05, 0) is 35.4 Å². The average molecular weight is 259 g/mol. The van der Waals surface area contributed by atoms with Crippen molar-refractivity contribution < 1.29 is 4.79 Å². The van der Waals surface area contributed by atoms with E-state index in [-0.39, 0.29) is 0 Å². The molecule has 0 saturated carbocycles. The smallest absolute Gasteiger partial charge is 0.249 e. The first-order valence-electron chi connectivity index (χ1n) is 5.34. The second-order valence-electron chi connectivity index (χ2n) is 3.72. The normalized spacial score (nSPS) is 11.3. The third kappa shape index (κ3) is 2.96. The largest absolute Gasteiger partial charge is 0.366 e. The second kappa shape index (κ2) is 5.47. The fourth-order valence-electron chi connectivity index (χ4n) is 1.55. The van der Waals surface area contributed by atoms with Crippen LogP contribution < -0.4 is 5.73 Å². The van der Waals surface area contributed by atoms with Crippen molar-refractivity contribution in [2.75, 3.05) is 0 Å². The van der Waals surface area contributed by atoms with E-state index >= 15 is 0 Å². The van der Waals surface area contributed by atoms with Crippen molar-refractivity contribution >= 4 is 29.2 Å². The van der Waals surface area contributed by atoms with Gasteiger partial charge in [0.05, 0.1) is 0 Å². The molecule has 1 aromatic carbocycles. The van der Waals surface area contributed by atoms with Crippen LogP contribution in [0.15, 0.2) is 48.8 Å². The maximum atomic E-state index is 11.5. The Bertz CT molecular complexity index is 577. The lowest BCUT2D eigenvalue weighted by atomic mass is 10.0. The van der Waals surface area contributed by atoms with Crippen LogP contribution in [-0.4, -0.2) is 10.9 Å². The number of hydrogen-bond acceptors (Lipinski definition) is 2. The number of carbonyl (C=O) groups is 1. The molecule has 0 radical (unpaired) electrons. The molecule has 0 atom stereocenters. The number of nitrogens with two attached hydrogens (primary N) is 1. The fraction of sp³-hybridized carbons (Fsp3) is 0. The molecule has 0 aliphatic rings. The summed E-state index contributed by atoms with van der Waals surface area (Å²) in [5.74, 6) is -0.485. The van der Waals surface area contributed by atoms with E-state index in [4.69, 9.17) is 17.3 Å². The third-order valence-electron chi connectivity index (χ3n) is 2.42. The Balaban J connectivity index is 2.44. The van der Waals surface area contributed by atoms with Gasteiger partial charge in [-0.1, -0.05) is 29.8 Å². The average Bonchev–Trinajstić information content (AvgIpc) is 2.38. The Hall–Kier alpha value is -2.13. The Labute approximate surface area is 110 Å². The van der Waals surface area contributed by atoms with Crippen molar-refractivity contribution in [2.45, 2.75) is 0 Å². The molecular weight excluding hydrogens is 248 g/mol. The summed E-state index contributed by atoms with van der Waals surface area (Å²) in [6.07, 6.45) is 5.04. The maximum absolute atomic E-state index is 11.5. The Morgan fingerprint density at radius 3 is 2.50 bits per heavy atom. The van der Waals surface area contributed by atoms with E-state index in [9.17, 15) is 4.79 Å². The van der Waals surface area contributed by atoms with Crippen LogP contribution in [0.25, 0.3) is 11.6 Å². The van der Waals surface area contributed by atoms with Crippen LogP contribution in [0.4, 0.5) is 0 Å². The van der Waals surface area contributed by atoms with Crippen LogP contribution in [0.1, 0.15) is 11.1 Å². The number of carbonyl (C=O) groups excluding carboxylic acids is 1. The van der Waals surface area contributed by atoms with Crippen LogP contribution in [0, 0.1) is 0 Å². The summed E-state index contributed by atoms with van der Waals surface area (Å²) in [6.45, 7) is 0. The molecule has 0 spiro atoms. The summed E-state index contributed by atoms with van der Waals surface area (Å²) in [5, 5.41) is 0.615. The van der Waals surface area contributed by atoms with E-state index < -0.39 is 5.91 Å². The molecule has 0 saturated heterocycles. The van der Waals surface area contributed by atoms with Gasteiger partial charge in [-0.25, -0.2) is 0 Å². The molecule has 1 amide bonds. The van der Waals surface area contributed by atoms with Gasteiger partial charge in [0.2, 0.25) is 5.91 Å². The third-order valence-corrected chi connectivity index (χ3v) is 2.67. The fourth-order valence-corrected chi connectivity index (χ4v) is 1.68. The molecule has 1 heterocycles. The predicted octanol–water partition coefficient (Wildman–Crippen LogP) is 2.76. The van der Waals surface area contributed by atoms with E-state index in [1.807, 2.05) is 6.07 Å². The van der Waals surface area contributed by atoms with Gasteiger partial charge in [-0.15, -0.1) is 0 Å². The molecule has 4 heteroatoms. The van der Waals surface area contributed by atoms with Crippen molar-refractivity contribution in [2.24, 2.45) is 5.73 Å². The Morgan fingerprint density at radius 1 is 1.22 bits per heavy atom. The first-order valence-corrected chi connectivity index (χ1v) is 5.72. The highest BCUT2D eigenvalue weighted by atomic mass is 35.5. The summed E-state index contributed by atoms with van der Waals surface area (Å²) in [4.78, 5) is 15.5. The molecule has 18 heavy (non-hydrogen) atoms. The van der Waals surface area contributed by atoms with Crippen molar-refractivity contribution in [3.63, 3.8) is 0 Å². The summed E-state index contributed by atoms with van der Waals surface area (Å²) < 4.78 is 0. The van der Waals surface area contributed by atoms with Gasteiger partial charge in [-0.2, -0.15) is 0 Å². The Kier molecular flexibility index (Phi) is 3.75. The Morgan fingerprint density at radius 2 is 1.94 bits per heavy atom. The van der Waals surface area contributed by atoms with Crippen molar-refractivity contribution in [3.05, 3.63) is 64.9 Å². The molecule has 1 aromatic heterocycles. The molecule has 3 nitrogen and oxygen atoms in total. The van der Waals surface area contributed by atoms with E-state index in [1.165, 1.54) is 0 Å². The van der Waals surface area contributed by atoms with Crippen LogP contribution >= 0.6 is 11.6 Å². The molecule has 0 aliphatic carbocycles. The lowest BCUT2D eigenvalue weighted by Crippen LogP contribution is -2.12. The van der Waals surface area contributed by atoms with Gasteiger partial charge in [-0.3, -0.25) is 9.78 Å². The van der Waals surface area contributed by atoms with Gasteiger partial charge >= 0.3 is 0 Å². The molecule has 2 aromatic rings. The number of halogens is 1. The second-order valence-corrected chi connectivity index (χ2v) is 4.15. The summed E-state index contributed by atoms with van der Waals surface area (Å²) in [6, 6.07) is 10.6. The lowest BCUT2D eigenvalue weighted by molar-refractivity contribution is -0.112. The molecule has 90 valence electrons. The number of amides is 1. The quantitative estimate of drug-likeness (QED) is 0.861. The summed E-state index contributed by atoms with van der Waals surface area (Å²) >= 11 is 5.81. The summed E-state index contributed by atoms with van der Waals surface area (Å²) in [7, 11) is 0. The zero-order valence-corrected chi connectivity index (χ0v) is 10.3. The first kappa shape index (κ1) is 12.3. The van der Waals surface area contributed by atoms with Gasteiger partial charge in [0.25, 0.3) is 0 Å². The highest BCUT2D eigenvalue weighted by Gasteiger charge is 2.08. The van der Waals surface area contributed by atoms with Crippen LogP contribution in [0.2, 0.25) is 5.02 Å². The minimum atomic E-state index is -0.485. The predicted molar refractivity (Wildman–Crippen MR) is 72.8 cm³/mol. The summed E-state index contributed by atoms with van der Waals surface area (Å²) in [5.41, 5.74) is 7.38. The van der Waals surface area contributed by atoms with Crippen molar-refractivity contribution in [1.29, 1.82) is 0 Å². The minimum absolute atomic E-state index is 0.430. The van der Waals surface area contributed by atoms with Crippen molar-refractivity contribution in [3.8, 4) is 0 Å². The number of primary amides is 1. The highest BCUT2D eigenvalue weighted by Crippen LogP contribution is 2.19. The highest BCUT2D eigenvalue weighted by molar-refractivity contribution is 6.30. The molecule has 0 unspecified atom stereocenters.